The van der Waals surface area contributed by atoms with Crippen LogP contribution in [0.15, 0.2) is 48.5 Å². The van der Waals surface area contributed by atoms with Gasteiger partial charge in [0.2, 0.25) is 0 Å². The zero-order valence-corrected chi connectivity index (χ0v) is 17.2. The van der Waals surface area contributed by atoms with Gasteiger partial charge in [-0.05, 0) is 50.2 Å². The predicted octanol–water partition coefficient (Wildman–Crippen LogP) is 4.08. The lowest BCUT2D eigenvalue weighted by atomic mass is 9.98. The number of ketones is 1. The first kappa shape index (κ1) is 20.9. The maximum absolute atomic E-state index is 12.8. The van der Waals surface area contributed by atoms with Crippen molar-refractivity contribution in [3.05, 3.63) is 59.1 Å². The van der Waals surface area contributed by atoms with Crippen molar-refractivity contribution in [3.8, 4) is 0 Å². The van der Waals surface area contributed by atoms with Gasteiger partial charge in [-0.15, -0.1) is 0 Å². The fraction of sp³-hybridized carbons (Fsp3) is 0.318. The quantitative estimate of drug-likeness (QED) is 0.545. The van der Waals surface area contributed by atoms with E-state index in [4.69, 9.17) is 16.3 Å². The van der Waals surface area contributed by atoms with E-state index in [1.807, 2.05) is 38.1 Å². The van der Waals surface area contributed by atoms with E-state index in [0.717, 1.165) is 11.4 Å². The van der Waals surface area contributed by atoms with Crippen molar-refractivity contribution in [2.45, 2.75) is 32.2 Å². The van der Waals surface area contributed by atoms with Crippen molar-refractivity contribution in [2.24, 2.45) is 0 Å². The molecule has 152 valence electrons. The number of nitrogens with zero attached hydrogens (tertiary/aromatic N) is 1. The molecule has 0 atom stereocenters. The first-order chi connectivity index (χ1) is 13.8. The van der Waals surface area contributed by atoms with Crippen molar-refractivity contribution in [3.63, 3.8) is 0 Å². The lowest BCUT2D eigenvalue weighted by Crippen LogP contribution is -2.54. The molecule has 29 heavy (non-hydrogen) atoms. The Morgan fingerprint density at radius 1 is 1.07 bits per heavy atom. The summed E-state index contributed by atoms with van der Waals surface area (Å²) in [7, 11) is 0. The second kappa shape index (κ2) is 8.66. The summed E-state index contributed by atoms with van der Waals surface area (Å²) in [5.41, 5.74) is 1.37. The Labute approximate surface area is 174 Å². The number of Topliss-reactive ketones (excluding diaryl/α,β-unsaturated/α-hetero) is 1. The van der Waals surface area contributed by atoms with Crippen LogP contribution in [0.2, 0.25) is 5.02 Å². The third kappa shape index (κ3) is 4.95. The second-order valence-electron chi connectivity index (χ2n) is 7.37. The van der Waals surface area contributed by atoms with E-state index in [2.05, 4.69) is 5.32 Å². The number of para-hydroxylation sites is 2. The summed E-state index contributed by atoms with van der Waals surface area (Å²) in [5.74, 6) is -0.709. The number of anilines is 2. The number of ether oxygens (including phenoxy) is 1. The highest BCUT2D eigenvalue weighted by Gasteiger charge is 2.38. The second-order valence-corrected chi connectivity index (χ2v) is 7.81. The standard InChI is InChI=1S/C22H23ClN2O4/c1-22(2)21(28)25(18-6-4-3-5-17(18)24-22)13-14-29-20(27)12-11-19(26)15-7-9-16(23)10-8-15/h3-10,24H,11-14H2,1-2H3. The Hall–Kier alpha value is -2.86. The van der Waals surface area contributed by atoms with Gasteiger partial charge in [0.15, 0.2) is 5.78 Å². The molecule has 1 N–H and O–H groups in total. The number of rotatable bonds is 7. The highest BCUT2D eigenvalue weighted by atomic mass is 35.5. The van der Waals surface area contributed by atoms with Crippen LogP contribution in [0, 0.1) is 0 Å². The van der Waals surface area contributed by atoms with Crippen molar-refractivity contribution in [1.82, 2.24) is 0 Å². The van der Waals surface area contributed by atoms with Gasteiger partial charge in [0, 0.05) is 17.0 Å². The van der Waals surface area contributed by atoms with Crippen molar-refractivity contribution in [1.29, 1.82) is 0 Å². The minimum atomic E-state index is -0.747. The van der Waals surface area contributed by atoms with Crippen LogP contribution in [-0.4, -0.2) is 36.4 Å². The summed E-state index contributed by atoms with van der Waals surface area (Å²) in [4.78, 5) is 38.5. The van der Waals surface area contributed by atoms with E-state index in [-0.39, 0.29) is 37.7 Å². The summed E-state index contributed by atoms with van der Waals surface area (Å²) >= 11 is 5.81. The van der Waals surface area contributed by atoms with Crippen LogP contribution in [-0.2, 0) is 14.3 Å². The molecule has 0 fully saturated rings. The SMILES string of the molecule is CC1(C)Nc2ccccc2N(CCOC(=O)CCC(=O)c2ccc(Cl)cc2)C1=O. The smallest absolute Gasteiger partial charge is 0.306 e. The monoisotopic (exact) mass is 414 g/mol. The molecule has 2 aromatic rings. The predicted molar refractivity (Wildman–Crippen MR) is 112 cm³/mol. The fourth-order valence-electron chi connectivity index (χ4n) is 3.19. The molecule has 0 radical (unpaired) electrons. The molecule has 0 aliphatic carbocycles. The number of carbonyl (C=O) groups excluding carboxylic acids is 3. The van der Waals surface area contributed by atoms with E-state index >= 15 is 0 Å². The minimum absolute atomic E-state index is 0.0148. The number of hydrogen-bond acceptors (Lipinski definition) is 5. The molecule has 0 bridgehead atoms. The number of fused-ring (bicyclic) bond motifs is 1. The molecular formula is C22H23ClN2O4. The molecule has 1 aliphatic heterocycles. The Kier molecular flexibility index (Phi) is 6.23. The molecule has 0 saturated heterocycles. The Morgan fingerprint density at radius 2 is 1.76 bits per heavy atom. The van der Waals surface area contributed by atoms with Gasteiger partial charge in [-0.3, -0.25) is 14.4 Å². The molecule has 0 unspecified atom stereocenters. The van der Waals surface area contributed by atoms with Crippen LogP contribution < -0.4 is 10.2 Å². The minimum Gasteiger partial charge on any atom is -0.464 e. The van der Waals surface area contributed by atoms with Gasteiger partial charge in [-0.2, -0.15) is 0 Å². The van der Waals surface area contributed by atoms with Crippen molar-refractivity contribution in [2.75, 3.05) is 23.4 Å². The number of carbonyl (C=O) groups is 3. The van der Waals surface area contributed by atoms with Crippen LogP contribution in [0.3, 0.4) is 0 Å². The maximum atomic E-state index is 12.8. The fourth-order valence-corrected chi connectivity index (χ4v) is 3.32. The van der Waals surface area contributed by atoms with Gasteiger partial charge in [0.25, 0.3) is 5.91 Å². The molecule has 0 aromatic heterocycles. The molecule has 6 nitrogen and oxygen atoms in total. The zero-order chi connectivity index (χ0) is 21.0. The van der Waals surface area contributed by atoms with Gasteiger partial charge in [0.1, 0.15) is 12.1 Å². The van der Waals surface area contributed by atoms with Crippen LogP contribution in [0.5, 0.6) is 0 Å². The Balaban J connectivity index is 1.51. The number of benzene rings is 2. The average Bonchev–Trinajstić information content (AvgIpc) is 2.69. The first-order valence-corrected chi connectivity index (χ1v) is 9.79. The van der Waals surface area contributed by atoms with E-state index < -0.39 is 11.5 Å². The van der Waals surface area contributed by atoms with E-state index in [9.17, 15) is 14.4 Å². The third-order valence-electron chi connectivity index (χ3n) is 4.72. The summed E-state index contributed by atoms with van der Waals surface area (Å²) in [6.07, 6.45) is 0.0436. The Bertz CT molecular complexity index is 925. The van der Waals surface area contributed by atoms with Gasteiger partial charge in [0.05, 0.1) is 24.3 Å². The van der Waals surface area contributed by atoms with Crippen LogP contribution in [0.4, 0.5) is 11.4 Å². The molecule has 2 aromatic carbocycles. The number of esters is 1. The molecular weight excluding hydrogens is 392 g/mol. The zero-order valence-electron chi connectivity index (χ0n) is 16.4. The first-order valence-electron chi connectivity index (χ1n) is 9.41. The van der Waals surface area contributed by atoms with E-state index in [0.29, 0.717) is 10.6 Å². The summed E-state index contributed by atoms with van der Waals surface area (Å²) in [6, 6.07) is 14.0. The van der Waals surface area contributed by atoms with E-state index in [1.54, 1.807) is 29.2 Å². The molecule has 1 amide bonds. The number of amides is 1. The number of halogens is 1. The van der Waals surface area contributed by atoms with Crippen molar-refractivity contribution >= 4 is 40.6 Å². The van der Waals surface area contributed by atoms with Gasteiger partial charge in [-0.1, -0.05) is 23.7 Å². The molecule has 3 rings (SSSR count). The topological polar surface area (TPSA) is 75.7 Å². The van der Waals surface area contributed by atoms with E-state index in [1.165, 1.54) is 0 Å². The van der Waals surface area contributed by atoms with Crippen LogP contribution in [0.1, 0.15) is 37.0 Å². The van der Waals surface area contributed by atoms with Crippen LogP contribution in [0.25, 0.3) is 0 Å². The number of hydrogen-bond donors (Lipinski definition) is 1. The van der Waals surface area contributed by atoms with Crippen molar-refractivity contribution < 1.29 is 19.1 Å². The average molecular weight is 415 g/mol. The third-order valence-corrected chi connectivity index (χ3v) is 4.97. The Morgan fingerprint density at radius 3 is 2.48 bits per heavy atom. The summed E-state index contributed by atoms with van der Waals surface area (Å²) in [6.45, 7) is 3.93. The van der Waals surface area contributed by atoms with Gasteiger partial charge in [-0.25, -0.2) is 0 Å². The van der Waals surface area contributed by atoms with Gasteiger partial charge >= 0.3 is 5.97 Å². The maximum Gasteiger partial charge on any atom is 0.306 e. The number of nitrogens with one attached hydrogen (secondary N) is 1. The van der Waals surface area contributed by atoms with Crippen LogP contribution >= 0.6 is 11.6 Å². The lowest BCUT2D eigenvalue weighted by molar-refractivity contribution is -0.143. The highest BCUT2D eigenvalue weighted by Crippen LogP contribution is 2.34. The normalized spacial score (nSPS) is 14.7. The summed E-state index contributed by atoms with van der Waals surface area (Å²) < 4.78 is 5.26. The molecule has 7 heteroatoms. The molecule has 0 saturated carbocycles. The highest BCUT2D eigenvalue weighted by molar-refractivity contribution is 6.30. The van der Waals surface area contributed by atoms with Gasteiger partial charge < -0.3 is 15.0 Å². The summed E-state index contributed by atoms with van der Waals surface area (Å²) in [5, 5.41) is 3.77. The largest absolute Gasteiger partial charge is 0.464 e. The molecule has 1 heterocycles. The molecule has 0 spiro atoms. The molecule has 1 aliphatic rings. The lowest BCUT2D eigenvalue weighted by Gasteiger charge is -2.39.